The van der Waals surface area contributed by atoms with Crippen molar-refractivity contribution in [3.63, 3.8) is 0 Å². The molecule has 0 unspecified atom stereocenters. The number of hydrogen-bond donors (Lipinski definition) is 1. The zero-order valence-electron chi connectivity index (χ0n) is 25.1. The molecule has 1 N–H and O–H groups in total. The van der Waals surface area contributed by atoms with Crippen LogP contribution in [-0.2, 0) is 4.79 Å². The summed E-state index contributed by atoms with van der Waals surface area (Å²) in [5.41, 5.74) is 4.84. The number of rotatable bonds is 9. The van der Waals surface area contributed by atoms with Crippen molar-refractivity contribution in [2.75, 3.05) is 63.5 Å². The van der Waals surface area contributed by atoms with Crippen molar-refractivity contribution < 1.29 is 19.0 Å². The molecular formula is C32H34N6O4S2. The van der Waals surface area contributed by atoms with E-state index in [9.17, 15) is 4.79 Å². The highest BCUT2D eigenvalue weighted by Crippen LogP contribution is 2.42. The lowest BCUT2D eigenvalue weighted by Gasteiger charge is -2.37. The summed E-state index contributed by atoms with van der Waals surface area (Å²) in [4.78, 5) is 22.2. The molecule has 0 atom stereocenters. The molecule has 0 bridgehead atoms. The molecular weight excluding hydrogens is 597 g/mol. The van der Waals surface area contributed by atoms with Gasteiger partial charge in [0, 0.05) is 43.0 Å². The molecule has 1 aliphatic rings. The molecule has 0 radical (unpaired) electrons. The maximum absolute atomic E-state index is 13.0. The lowest BCUT2D eigenvalue weighted by atomic mass is 10.0. The van der Waals surface area contributed by atoms with Crippen molar-refractivity contribution in [3.05, 3.63) is 72.3 Å². The maximum atomic E-state index is 13.0. The predicted octanol–water partition coefficient (Wildman–Crippen LogP) is 5.32. The summed E-state index contributed by atoms with van der Waals surface area (Å²) in [5.74, 6) is 1.32. The molecule has 1 amide bonds. The van der Waals surface area contributed by atoms with Gasteiger partial charge in [-0.05, 0) is 31.2 Å². The number of thioether (sulfide) groups is 1. The number of nitrogens with zero attached hydrogens (tertiary/aromatic N) is 5. The van der Waals surface area contributed by atoms with Crippen LogP contribution in [0.3, 0.4) is 0 Å². The number of thiocarbonyl (C=S) groups is 1. The van der Waals surface area contributed by atoms with Crippen molar-refractivity contribution in [2.45, 2.75) is 6.92 Å². The second-order valence-corrected chi connectivity index (χ2v) is 11.6. The first-order valence-corrected chi connectivity index (χ1v) is 15.4. The number of piperazine rings is 1. The Labute approximate surface area is 266 Å². The van der Waals surface area contributed by atoms with E-state index in [2.05, 4.69) is 37.4 Å². The third-order valence-electron chi connectivity index (χ3n) is 7.19. The zero-order valence-corrected chi connectivity index (χ0v) is 26.7. The summed E-state index contributed by atoms with van der Waals surface area (Å²) in [6.45, 7) is 5.35. The fraction of sp³-hybridized carbons (Fsp3) is 0.281. The Hall–Kier alpha value is -4.42. The normalized spacial score (nSPS) is 12.9. The number of methoxy groups -OCH3 is 3. The minimum atomic E-state index is -0.277. The molecule has 228 valence electrons. The number of aromatic nitrogens is 3. The van der Waals surface area contributed by atoms with Crippen LogP contribution >= 0.6 is 24.0 Å². The summed E-state index contributed by atoms with van der Waals surface area (Å²) in [5, 5.41) is 11.5. The van der Waals surface area contributed by atoms with Crippen LogP contribution in [0.25, 0.3) is 22.5 Å². The molecule has 10 nitrogen and oxygen atoms in total. The van der Waals surface area contributed by atoms with Crippen molar-refractivity contribution >= 4 is 45.8 Å². The quantitative estimate of drug-likeness (QED) is 0.243. The van der Waals surface area contributed by atoms with E-state index in [-0.39, 0.29) is 17.6 Å². The molecule has 0 spiro atoms. The number of ether oxygens (including phenoxy) is 3. The third-order valence-corrected chi connectivity index (χ3v) is 8.71. The molecule has 3 aromatic carbocycles. The van der Waals surface area contributed by atoms with Gasteiger partial charge >= 0.3 is 0 Å². The monoisotopic (exact) mass is 630 g/mol. The summed E-state index contributed by atoms with van der Waals surface area (Å²) in [6, 6.07) is 21.8. The van der Waals surface area contributed by atoms with Crippen molar-refractivity contribution in [1.82, 2.24) is 20.1 Å². The first-order valence-electron chi connectivity index (χ1n) is 14.0. The Bertz CT molecular complexity index is 1590. The number of carbonyl (C=O) groups excluding carboxylic acids is 1. The largest absolute Gasteiger partial charge is 0.493 e. The second kappa shape index (κ2) is 14.4. The highest BCUT2D eigenvalue weighted by atomic mass is 32.2. The van der Waals surface area contributed by atoms with Crippen LogP contribution in [0.5, 0.6) is 17.2 Å². The average Bonchev–Trinajstić information content (AvgIpc) is 3.07. The Morgan fingerprint density at radius 2 is 1.52 bits per heavy atom. The van der Waals surface area contributed by atoms with E-state index in [1.165, 1.54) is 17.4 Å². The smallest absolute Gasteiger partial charge is 0.250 e. The number of para-hydroxylation sites is 1. The van der Waals surface area contributed by atoms with E-state index in [0.717, 1.165) is 37.3 Å². The molecule has 1 saturated heterocycles. The Morgan fingerprint density at radius 3 is 2.14 bits per heavy atom. The van der Waals surface area contributed by atoms with Gasteiger partial charge in [0.05, 0.1) is 27.1 Å². The lowest BCUT2D eigenvalue weighted by molar-refractivity contribution is -0.113. The van der Waals surface area contributed by atoms with Crippen LogP contribution in [-0.4, -0.2) is 83.6 Å². The Morgan fingerprint density at radius 1 is 0.864 bits per heavy atom. The summed E-state index contributed by atoms with van der Waals surface area (Å²) >= 11 is 6.99. The molecule has 5 rings (SSSR count). The van der Waals surface area contributed by atoms with Gasteiger partial charge in [-0.2, -0.15) is 0 Å². The molecule has 12 heteroatoms. The van der Waals surface area contributed by atoms with E-state index in [0.29, 0.717) is 38.5 Å². The highest BCUT2D eigenvalue weighted by Gasteiger charge is 2.22. The third kappa shape index (κ3) is 7.20. The molecule has 44 heavy (non-hydrogen) atoms. The second-order valence-electron chi connectivity index (χ2n) is 10.0. The Balaban J connectivity index is 1.30. The lowest BCUT2D eigenvalue weighted by Crippen LogP contribution is -2.47. The number of nitrogens with one attached hydrogen (secondary N) is 1. The molecule has 4 aromatic rings. The SMILES string of the molecule is COc1cc(-c2nc(NC(=O)CSC(=S)N3CCN(c4ccccc4)CC3)nnc2-c2ccc(C)cc2)cc(OC)c1OC. The van der Waals surface area contributed by atoms with Gasteiger partial charge in [0.2, 0.25) is 17.6 Å². The van der Waals surface area contributed by atoms with Gasteiger partial charge in [0.25, 0.3) is 0 Å². The zero-order chi connectivity index (χ0) is 31.1. The van der Waals surface area contributed by atoms with Crippen molar-refractivity contribution in [1.29, 1.82) is 0 Å². The van der Waals surface area contributed by atoms with Gasteiger partial charge in [-0.25, -0.2) is 4.98 Å². The summed E-state index contributed by atoms with van der Waals surface area (Å²) < 4.78 is 17.3. The van der Waals surface area contributed by atoms with E-state index >= 15 is 0 Å². The van der Waals surface area contributed by atoms with Gasteiger partial charge < -0.3 is 24.0 Å². The van der Waals surface area contributed by atoms with Gasteiger partial charge in [0.15, 0.2) is 11.5 Å². The van der Waals surface area contributed by atoms with Crippen molar-refractivity contribution in [2.24, 2.45) is 0 Å². The molecule has 1 aliphatic heterocycles. The van der Waals surface area contributed by atoms with Crippen LogP contribution in [0.1, 0.15) is 5.56 Å². The highest BCUT2D eigenvalue weighted by molar-refractivity contribution is 8.23. The number of anilines is 2. The first-order chi connectivity index (χ1) is 21.4. The van der Waals surface area contributed by atoms with Crippen LogP contribution in [0.4, 0.5) is 11.6 Å². The van der Waals surface area contributed by atoms with E-state index in [1.807, 2.05) is 49.4 Å². The number of carbonyl (C=O) groups is 1. The summed E-state index contributed by atoms with van der Waals surface area (Å²) in [7, 11) is 4.65. The van der Waals surface area contributed by atoms with Gasteiger partial charge in [-0.3, -0.25) is 10.1 Å². The molecule has 1 aromatic heterocycles. The predicted molar refractivity (Wildman–Crippen MR) is 179 cm³/mol. The molecule has 0 saturated carbocycles. The number of benzene rings is 3. The van der Waals surface area contributed by atoms with Crippen molar-refractivity contribution in [3.8, 4) is 39.8 Å². The van der Waals surface area contributed by atoms with Crippen LogP contribution in [0, 0.1) is 6.92 Å². The minimum Gasteiger partial charge on any atom is -0.493 e. The van der Waals surface area contributed by atoms with Crippen LogP contribution in [0.15, 0.2) is 66.7 Å². The van der Waals surface area contributed by atoms with Gasteiger partial charge in [-0.1, -0.05) is 72.0 Å². The van der Waals surface area contributed by atoms with E-state index < -0.39 is 0 Å². The van der Waals surface area contributed by atoms with Gasteiger partial charge in [0.1, 0.15) is 15.7 Å². The van der Waals surface area contributed by atoms with Crippen LogP contribution in [0.2, 0.25) is 0 Å². The standard InChI is InChI=1S/C32H34N6O4S2/c1-21-10-12-22(13-11-21)29-28(23-18-25(40-2)30(42-4)26(19-23)41-3)34-31(36-35-29)33-27(39)20-44-32(43)38-16-14-37(15-17-38)24-8-6-5-7-9-24/h5-13,18-19H,14-17,20H2,1-4H3,(H,33,34,36,39). The number of hydrogen-bond acceptors (Lipinski definition) is 10. The van der Waals surface area contributed by atoms with E-state index in [4.69, 9.17) is 31.4 Å². The fourth-order valence-corrected chi connectivity index (χ4v) is 5.92. The average molecular weight is 631 g/mol. The number of aryl methyl sites for hydroxylation is 1. The minimum absolute atomic E-state index is 0.0811. The van der Waals surface area contributed by atoms with E-state index in [1.54, 1.807) is 33.5 Å². The Kier molecular flexibility index (Phi) is 10.1. The topological polar surface area (TPSA) is 102 Å². The van der Waals surface area contributed by atoms with Crippen LogP contribution < -0.4 is 24.4 Å². The molecule has 1 fully saturated rings. The first kappa shape index (κ1) is 31.0. The fourth-order valence-electron chi connectivity index (χ4n) is 4.87. The van der Waals surface area contributed by atoms with Gasteiger partial charge in [-0.15, -0.1) is 10.2 Å². The maximum Gasteiger partial charge on any atom is 0.250 e. The molecule has 2 heterocycles. The number of amides is 1. The summed E-state index contributed by atoms with van der Waals surface area (Å²) in [6.07, 6.45) is 0. The molecule has 0 aliphatic carbocycles.